The monoisotopic (exact) mass is 367 g/mol. The van der Waals surface area contributed by atoms with Gasteiger partial charge < -0.3 is 5.32 Å². The van der Waals surface area contributed by atoms with E-state index in [-0.39, 0.29) is 12.3 Å². The van der Waals surface area contributed by atoms with Crippen LogP contribution in [-0.2, 0) is 17.6 Å². The fourth-order valence-electron chi connectivity index (χ4n) is 3.17. The normalized spacial score (nSPS) is 10.6. The quantitative estimate of drug-likeness (QED) is 0.539. The van der Waals surface area contributed by atoms with Crippen molar-refractivity contribution in [3.8, 4) is 5.69 Å². The van der Waals surface area contributed by atoms with E-state index in [0.717, 1.165) is 28.9 Å². The maximum absolute atomic E-state index is 12.6. The molecule has 1 heterocycles. The van der Waals surface area contributed by atoms with Crippen LogP contribution in [0, 0.1) is 0 Å². The van der Waals surface area contributed by atoms with Gasteiger partial charge in [0.1, 0.15) is 0 Å². The van der Waals surface area contributed by atoms with E-state index >= 15 is 0 Å². The maximum Gasteiger partial charge on any atom is 0.228 e. The fraction of sp³-hybridized carbons (Fsp3) is 0.0833. The Morgan fingerprint density at radius 1 is 0.821 bits per heavy atom. The van der Waals surface area contributed by atoms with E-state index in [2.05, 4.69) is 28.6 Å². The Morgan fingerprint density at radius 3 is 2.29 bits per heavy atom. The Hall–Kier alpha value is -3.66. The molecule has 0 fully saturated rings. The molecule has 0 aliphatic carbocycles. The molecule has 3 aromatic carbocycles. The molecule has 4 rings (SSSR count). The second-order valence-corrected chi connectivity index (χ2v) is 6.67. The van der Waals surface area contributed by atoms with Crippen LogP contribution in [0.2, 0.25) is 0 Å². The molecule has 1 aromatic heterocycles. The van der Waals surface area contributed by atoms with Crippen molar-refractivity contribution in [1.29, 1.82) is 0 Å². The van der Waals surface area contributed by atoms with Gasteiger partial charge in [-0.25, -0.2) is 4.68 Å². The highest BCUT2D eigenvalue weighted by molar-refractivity contribution is 5.93. The van der Waals surface area contributed by atoms with E-state index in [4.69, 9.17) is 0 Å². The summed E-state index contributed by atoms with van der Waals surface area (Å²) in [5, 5.41) is 7.41. The molecule has 1 N–H and O–H groups in total. The lowest BCUT2D eigenvalue weighted by molar-refractivity contribution is -0.115. The summed E-state index contributed by atoms with van der Waals surface area (Å²) in [6.45, 7) is 0. The van der Waals surface area contributed by atoms with E-state index in [9.17, 15) is 4.79 Å². The standard InChI is InChI=1S/C24H21N3O/c28-24(16-20-17-25-27(18-20)22-12-5-2-6-13-22)26-23-14-8-7-11-21(23)15-19-9-3-1-4-10-19/h1-14,17-18H,15-16H2,(H,26,28). The van der Waals surface area contributed by atoms with Crippen molar-refractivity contribution in [2.24, 2.45) is 0 Å². The maximum atomic E-state index is 12.6. The van der Waals surface area contributed by atoms with Crippen molar-refractivity contribution in [3.63, 3.8) is 0 Å². The Kier molecular flexibility index (Phi) is 5.29. The number of amides is 1. The van der Waals surface area contributed by atoms with Gasteiger partial charge >= 0.3 is 0 Å². The summed E-state index contributed by atoms with van der Waals surface area (Å²) in [7, 11) is 0. The third-order valence-electron chi connectivity index (χ3n) is 4.55. The molecule has 0 bridgehead atoms. The van der Waals surface area contributed by atoms with Crippen LogP contribution >= 0.6 is 0 Å². The first-order chi connectivity index (χ1) is 13.8. The zero-order valence-electron chi connectivity index (χ0n) is 15.5. The zero-order valence-corrected chi connectivity index (χ0v) is 15.5. The van der Waals surface area contributed by atoms with Crippen LogP contribution in [0.4, 0.5) is 5.69 Å². The van der Waals surface area contributed by atoms with Crippen LogP contribution in [0.3, 0.4) is 0 Å². The number of rotatable bonds is 6. The van der Waals surface area contributed by atoms with Gasteiger partial charge in [0.2, 0.25) is 5.91 Å². The number of benzene rings is 3. The lowest BCUT2D eigenvalue weighted by Gasteiger charge is -2.11. The van der Waals surface area contributed by atoms with E-state index in [1.54, 1.807) is 10.9 Å². The summed E-state index contributed by atoms with van der Waals surface area (Å²) >= 11 is 0. The first kappa shape index (κ1) is 17.7. The molecule has 0 unspecified atom stereocenters. The van der Waals surface area contributed by atoms with Gasteiger partial charge in [-0.15, -0.1) is 0 Å². The smallest absolute Gasteiger partial charge is 0.228 e. The van der Waals surface area contributed by atoms with Gasteiger partial charge in [0.15, 0.2) is 0 Å². The molecule has 0 radical (unpaired) electrons. The summed E-state index contributed by atoms with van der Waals surface area (Å²) in [5.74, 6) is -0.0480. The lowest BCUT2D eigenvalue weighted by atomic mass is 10.0. The van der Waals surface area contributed by atoms with Crippen molar-refractivity contribution < 1.29 is 4.79 Å². The summed E-state index contributed by atoms with van der Waals surface area (Å²) in [6.07, 6.45) is 4.70. The fourth-order valence-corrected chi connectivity index (χ4v) is 3.17. The predicted octanol–water partition coefficient (Wildman–Crippen LogP) is 4.64. The average molecular weight is 367 g/mol. The zero-order chi connectivity index (χ0) is 19.2. The first-order valence-electron chi connectivity index (χ1n) is 9.28. The van der Waals surface area contributed by atoms with Gasteiger partial charge in [0.05, 0.1) is 18.3 Å². The molecule has 1 amide bonds. The molecule has 4 nitrogen and oxygen atoms in total. The van der Waals surface area contributed by atoms with Gasteiger partial charge in [-0.2, -0.15) is 5.10 Å². The second-order valence-electron chi connectivity index (χ2n) is 6.67. The number of para-hydroxylation sites is 2. The third kappa shape index (κ3) is 4.35. The van der Waals surface area contributed by atoms with E-state index in [1.165, 1.54) is 5.56 Å². The molecule has 4 heteroatoms. The van der Waals surface area contributed by atoms with Gasteiger partial charge in [-0.1, -0.05) is 66.7 Å². The van der Waals surface area contributed by atoms with Crippen molar-refractivity contribution in [2.75, 3.05) is 5.32 Å². The molecule has 4 aromatic rings. The Balaban J connectivity index is 1.44. The minimum absolute atomic E-state index is 0.0480. The van der Waals surface area contributed by atoms with Crippen molar-refractivity contribution in [2.45, 2.75) is 12.8 Å². The molecule has 0 aliphatic heterocycles. The summed E-state index contributed by atoms with van der Waals surface area (Å²) in [5.41, 5.74) is 5.02. The van der Waals surface area contributed by atoms with Crippen molar-refractivity contribution >= 4 is 11.6 Å². The molecule has 0 spiro atoms. The number of nitrogens with one attached hydrogen (secondary N) is 1. The Labute approximate surface area is 164 Å². The highest BCUT2D eigenvalue weighted by atomic mass is 16.1. The largest absolute Gasteiger partial charge is 0.326 e. The van der Waals surface area contributed by atoms with Crippen LogP contribution in [0.15, 0.2) is 97.3 Å². The van der Waals surface area contributed by atoms with E-state index < -0.39 is 0 Å². The number of anilines is 1. The Bertz CT molecular complexity index is 1060. The summed E-state index contributed by atoms with van der Waals surface area (Å²) in [4.78, 5) is 12.6. The SMILES string of the molecule is O=C(Cc1cnn(-c2ccccc2)c1)Nc1ccccc1Cc1ccccc1. The van der Waals surface area contributed by atoms with E-state index in [0.29, 0.717) is 0 Å². The van der Waals surface area contributed by atoms with Gasteiger partial charge in [-0.3, -0.25) is 4.79 Å². The molecular weight excluding hydrogens is 346 g/mol. The van der Waals surface area contributed by atoms with Crippen LogP contribution < -0.4 is 5.32 Å². The highest BCUT2D eigenvalue weighted by Gasteiger charge is 2.10. The van der Waals surface area contributed by atoms with Crippen LogP contribution in [0.5, 0.6) is 0 Å². The molecule has 0 aliphatic rings. The van der Waals surface area contributed by atoms with Gasteiger partial charge in [0.25, 0.3) is 0 Å². The second kappa shape index (κ2) is 8.35. The topological polar surface area (TPSA) is 46.9 Å². The van der Waals surface area contributed by atoms with Crippen LogP contribution in [0.1, 0.15) is 16.7 Å². The van der Waals surface area contributed by atoms with Crippen molar-refractivity contribution in [1.82, 2.24) is 9.78 Å². The number of nitrogens with zero attached hydrogens (tertiary/aromatic N) is 2. The predicted molar refractivity (Wildman–Crippen MR) is 112 cm³/mol. The number of hydrogen-bond acceptors (Lipinski definition) is 2. The number of carbonyl (C=O) groups is 1. The van der Waals surface area contributed by atoms with E-state index in [1.807, 2.05) is 72.9 Å². The summed E-state index contributed by atoms with van der Waals surface area (Å²) in [6, 6.07) is 28.1. The van der Waals surface area contributed by atoms with Crippen LogP contribution in [0.25, 0.3) is 5.69 Å². The molecule has 28 heavy (non-hydrogen) atoms. The Morgan fingerprint density at radius 2 is 1.50 bits per heavy atom. The molecule has 0 atom stereocenters. The third-order valence-corrected chi connectivity index (χ3v) is 4.55. The van der Waals surface area contributed by atoms with Crippen molar-refractivity contribution in [3.05, 3.63) is 114 Å². The minimum atomic E-state index is -0.0480. The number of aromatic nitrogens is 2. The summed E-state index contributed by atoms with van der Waals surface area (Å²) < 4.78 is 1.78. The lowest BCUT2D eigenvalue weighted by Crippen LogP contribution is -2.15. The molecule has 138 valence electrons. The number of carbonyl (C=O) groups excluding carboxylic acids is 1. The van der Waals surface area contributed by atoms with Crippen LogP contribution in [-0.4, -0.2) is 15.7 Å². The van der Waals surface area contributed by atoms with Gasteiger partial charge in [-0.05, 0) is 41.3 Å². The minimum Gasteiger partial charge on any atom is -0.326 e. The highest BCUT2D eigenvalue weighted by Crippen LogP contribution is 2.19. The number of hydrogen-bond donors (Lipinski definition) is 1. The molecule has 0 saturated heterocycles. The molecular formula is C24H21N3O. The molecule has 0 saturated carbocycles. The first-order valence-corrected chi connectivity index (χ1v) is 9.28. The average Bonchev–Trinajstić information content (AvgIpc) is 3.19. The van der Waals surface area contributed by atoms with Gasteiger partial charge in [0, 0.05) is 11.9 Å².